The second-order valence-electron chi connectivity index (χ2n) is 11.4. The van der Waals surface area contributed by atoms with E-state index in [0.29, 0.717) is 0 Å². The first-order chi connectivity index (χ1) is 22.0. The van der Waals surface area contributed by atoms with Gasteiger partial charge in [0.05, 0.1) is 14.2 Å². The van der Waals surface area contributed by atoms with Gasteiger partial charge in [-0.3, -0.25) is 0 Å². The first-order valence-electron chi connectivity index (χ1n) is 16.6. The normalized spacial score (nSPS) is 11.8. The van der Waals surface area contributed by atoms with Crippen LogP contribution in [0.2, 0.25) is 0 Å². The number of benzene rings is 3. The summed E-state index contributed by atoms with van der Waals surface area (Å²) >= 11 is 0. The maximum atomic E-state index is 5.73. The highest BCUT2D eigenvalue weighted by molar-refractivity contribution is 5.70. The lowest BCUT2D eigenvalue weighted by atomic mass is 10.1. The molecule has 4 heteroatoms. The van der Waals surface area contributed by atoms with E-state index in [-0.39, 0.29) is 0 Å². The monoisotopic (exact) mass is 606 g/mol. The average molecular weight is 607 g/mol. The average Bonchev–Trinajstić information content (AvgIpc) is 3.08. The molecule has 0 saturated carbocycles. The Morgan fingerprint density at radius 3 is 1.36 bits per heavy atom. The van der Waals surface area contributed by atoms with Crippen molar-refractivity contribution >= 4 is 35.7 Å². The predicted molar refractivity (Wildman–Crippen MR) is 199 cm³/mol. The molecule has 3 aromatic carbocycles. The Bertz CT molecular complexity index is 1380. The summed E-state index contributed by atoms with van der Waals surface area (Å²) in [4.78, 5) is 4.82. The van der Waals surface area contributed by atoms with Gasteiger partial charge < -0.3 is 19.3 Å². The minimum absolute atomic E-state index is 0.801. The molecular formula is C41H54N2O2. The van der Waals surface area contributed by atoms with Crippen LogP contribution in [0.1, 0.15) is 81.5 Å². The molecule has 0 saturated heterocycles. The molecule has 0 aliphatic rings. The molecule has 0 fully saturated rings. The number of hydrogen-bond acceptors (Lipinski definition) is 4. The number of methoxy groups -OCH3 is 2. The summed E-state index contributed by atoms with van der Waals surface area (Å²) in [5, 5.41) is 0. The van der Waals surface area contributed by atoms with E-state index in [4.69, 9.17) is 9.47 Å². The largest absolute Gasteiger partial charge is 0.496 e. The van der Waals surface area contributed by atoms with Gasteiger partial charge in [0.15, 0.2) is 0 Å². The molecule has 0 amide bonds. The fraction of sp³-hybridized carbons (Fsp3) is 0.366. The highest BCUT2D eigenvalue weighted by Crippen LogP contribution is 2.31. The third kappa shape index (κ3) is 11.7. The van der Waals surface area contributed by atoms with Crippen molar-refractivity contribution in [2.75, 3.05) is 50.7 Å². The smallest absolute Gasteiger partial charge is 0.126 e. The lowest BCUT2D eigenvalue weighted by Gasteiger charge is -2.24. The fourth-order valence-corrected chi connectivity index (χ4v) is 5.09. The summed E-state index contributed by atoms with van der Waals surface area (Å²) in [6.07, 6.45) is 23.9. The molecule has 3 rings (SSSR count). The standard InChI is InChI=1S/C41H54N2O2/c1-7-10-29-42(4)38-25-21-34(22-26-38)17-13-15-19-36-32-41(45-6)37(33-40(36)44-5)20-16-14-18-35-23-27-39(28-24-35)43(30-11-8-2)31-12-9-3/h13-28,32-33H,7-12,29-31H2,1-6H3/b17-13+,18-14+,19-15+,20-16+. The van der Waals surface area contributed by atoms with Crippen LogP contribution in [0.3, 0.4) is 0 Å². The van der Waals surface area contributed by atoms with E-state index >= 15 is 0 Å². The molecule has 45 heavy (non-hydrogen) atoms. The van der Waals surface area contributed by atoms with Gasteiger partial charge in [-0.1, -0.05) is 113 Å². The van der Waals surface area contributed by atoms with Gasteiger partial charge in [-0.25, -0.2) is 0 Å². The van der Waals surface area contributed by atoms with Gasteiger partial charge in [0.25, 0.3) is 0 Å². The molecule has 0 aromatic heterocycles. The molecule has 0 radical (unpaired) electrons. The first kappa shape index (κ1) is 35.3. The summed E-state index contributed by atoms with van der Waals surface area (Å²) in [6, 6.07) is 21.6. The van der Waals surface area contributed by atoms with E-state index in [2.05, 4.69) is 117 Å². The molecule has 240 valence electrons. The van der Waals surface area contributed by atoms with Crippen molar-refractivity contribution in [1.29, 1.82) is 0 Å². The summed E-state index contributed by atoms with van der Waals surface area (Å²) in [7, 11) is 5.56. The molecule has 0 unspecified atom stereocenters. The van der Waals surface area contributed by atoms with Gasteiger partial charge in [-0.15, -0.1) is 0 Å². The lowest BCUT2D eigenvalue weighted by molar-refractivity contribution is 0.401. The van der Waals surface area contributed by atoms with E-state index in [1.165, 1.54) is 61.0 Å². The summed E-state index contributed by atoms with van der Waals surface area (Å²) in [5.41, 5.74) is 6.84. The Balaban J connectivity index is 1.64. The molecule has 0 heterocycles. The van der Waals surface area contributed by atoms with E-state index in [1.54, 1.807) is 14.2 Å². The molecule has 0 spiro atoms. The second-order valence-corrected chi connectivity index (χ2v) is 11.4. The number of hydrogen-bond donors (Lipinski definition) is 0. The molecular weight excluding hydrogens is 552 g/mol. The van der Waals surface area contributed by atoms with Crippen molar-refractivity contribution in [3.63, 3.8) is 0 Å². The van der Waals surface area contributed by atoms with E-state index < -0.39 is 0 Å². The lowest BCUT2D eigenvalue weighted by Crippen LogP contribution is -2.25. The van der Waals surface area contributed by atoms with Gasteiger partial charge in [0.1, 0.15) is 11.5 Å². The zero-order valence-corrected chi connectivity index (χ0v) is 28.5. The van der Waals surface area contributed by atoms with Crippen LogP contribution in [0.25, 0.3) is 24.3 Å². The van der Waals surface area contributed by atoms with Crippen LogP contribution >= 0.6 is 0 Å². The fourth-order valence-electron chi connectivity index (χ4n) is 5.09. The number of nitrogens with zero attached hydrogens (tertiary/aromatic N) is 2. The topological polar surface area (TPSA) is 24.9 Å². The van der Waals surface area contributed by atoms with Crippen molar-refractivity contribution in [1.82, 2.24) is 0 Å². The minimum Gasteiger partial charge on any atom is -0.496 e. The third-order valence-corrected chi connectivity index (χ3v) is 7.94. The van der Waals surface area contributed by atoms with Crippen LogP contribution in [0.5, 0.6) is 11.5 Å². The van der Waals surface area contributed by atoms with Crippen LogP contribution < -0.4 is 19.3 Å². The van der Waals surface area contributed by atoms with Crippen LogP contribution in [0.15, 0.2) is 85.0 Å². The molecule has 0 aliphatic heterocycles. The number of anilines is 2. The molecule has 4 nitrogen and oxygen atoms in total. The second kappa shape index (κ2) is 20.0. The Kier molecular flexibility index (Phi) is 15.7. The molecule has 0 N–H and O–H groups in total. The summed E-state index contributed by atoms with van der Waals surface area (Å²) in [5.74, 6) is 1.60. The van der Waals surface area contributed by atoms with Crippen LogP contribution in [-0.4, -0.2) is 40.9 Å². The van der Waals surface area contributed by atoms with Gasteiger partial charge in [-0.05, 0) is 66.8 Å². The quantitative estimate of drug-likeness (QED) is 0.127. The van der Waals surface area contributed by atoms with Crippen molar-refractivity contribution in [3.8, 4) is 11.5 Å². The van der Waals surface area contributed by atoms with Crippen LogP contribution in [-0.2, 0) is 0 Å². The third-order valence-electron chi connectivity index (χ3n) is 7.94. The van der Waals surface area contributed by atoms with Crippen molar-refractivity contribution < 1.29 is 9.47 Å². The van der Waals surface area contributed by atoms with Gasteiger partial charge in [0.2, 0.25) is 0 Å². The van der Waals surface area contributed by atoms with E-state index in [1.807, 2.05) is 30.4 Å². The van der Waals surface area contributed by atoms with Gasteiger partial charge in [0, 0.05) is 49.2 Å². The highest BCUT2D eigenvalue weighted by Gasteiger charge is 2.08. The number of rotatable bonds is 19. The number of ether oxygens (including phenoxy) is 2. The zero-order valence-electron chi connectivity index (χ0n) is 28.5. The Hall–Kier alpha value is -4.18. The van der Waals surface area contributed by atoms with Crippen molar-refractivity contribution in [2.45, 2.75) is 59.3 Å². The highest BCUT2D eigenvalue weighted by atomic mass is 16.5. The molecule has 0 atom stereocenters. The molecule has 0 bridgehead atoms. The first-order valence-corrected chi connectivity index (χ1v) is 16.6. The Morgan fingerprint density at radius 1 is 0.533 bits per heavy atom. The van der Waals surface area contributed by atoms with Crippen LogP contribution in [0, 0.1) is 0 Å². The Labute approximate surface area is 273 Å². The van der Waals surface area contributed by atoms with Crippen molar-refractivity contribution in [3.05, 3.63) is 107 Å². The SMILES string of the molecule is CCCCN(C)c1ccc(/C=C/C=C/c2cc(OC)c(/C=C/C=C/c3ccc(N(CCCC)CCCC)cc3)cc2OC)cc1. The minimum atomic E-state index is 0.801. The molecule has 3 aromatic rings. The summed E-state index contributed by atoms with van der Waals surface area (Å²) in [6.45, 7) is 10.1. The molecule has 0 aliphatic carbocycles. The zero-order chi connectivity index (χ0) is 32.3. The predicted octanol–water partition coefficient (Wildman–Crippen LogP) is 10.8. The van der Waals surface area contributed by atoms with Gasteiger partial charge in [-0.2, -0.15) is 0 Å². The van der Waals surface area contributed by atoms with Crippen LogP contribution in [0.4, 0.5) is 11.4 Å². The Morgan fingerprint density at radius 2 is 0.933 bits per heavy atom. The van der Waals surface area contributed by atoms with Crippen molar-refractivity contribution in [2.24, 2.45) is 0 Å². The summed E-state index contributed by atoms with van der Waals surface area (Å²) < 4.78 is 11.5. The number of allylic oxidation sites excluding steroid dienone is 4. The maximum absolute atomic E-state index is 5.73. The maximum Gasteiger partial charge on any atom is 0.126 e. The number of unbranched alkanes of at least 4 members (excludes halogenated alkanes) is 3. The van der Waals surface area contributed by atoms with E-state index in [9.17, 15) is 0 Å². The van der Waals surface area contributed by atoms with E-state index in [0.717, 1.165) is 42.3 Å². The van der Waals surface area contributed by atoms with Gasteiger partial charge >= 0.3 is 0 Å².